The molecule has 0 bridgehead atoms. The second-order valence-electron chi connectivity index (χ2n) is 17.0. The van der Waals surface area contributed by atoms with Crippen molar-refractivity contribution in [1.82, 2.24) is 14.5 Å². The maximum atomic E-state index is 5.49. The molecule has 9 aromatic carbocycles. The molecule has 2 aromatic heterocycles. The third kappa shape index (κ3) is 6.03. The predicted octanol–water partition coefficient (Wildman–Crippen LogP) is 15.6. The molecule has 0 fully saturated rings. The lowest BCUT2D eigenvalue weighted by Gasteiger charge is -2.17. The fraction of sp³-hybridized carbons (Fsp3) is 0.103. The molecule has 11 rings (SSSR count). The highest BCUT2D eigenvalue weighted by molar-refractivity contribution is 6.24. The molecule has 11 aromatic rings. The minimum absolute atomic E-state index is 0.855. The highest BCUT2D eigenvalue weighted by Gasteiger charge is 2.18. The zero-order valence-corrected chi connectivity index (χ0v) is 35.4. The van der Waals surface area contributed by atoms with Crippen LogP contribution in [0.3, 0.4) is 0 Å². The Hall–Kier alpha value is -7.36. The molecule has 0 atom stereocenters. The summed E-state index contributed by atoms with van der Waals surface area (Å²) in [6.45, 7) is 13.3. The molecule has 0 aliphatic heterocycles. The molecule has 0 unspecified atom stereocenters. The normalized spacial score (nSPS) is 11.8. The Bertz CT molecular complexity index is 3540. The molecular formula is C58H45N3. The summed E-state index contributed by atoms with van der Waals surface area (Å²) in [6, 6.07) is 57.9. The van der Waals surface area contributed by atoms with Gasteiger partial charge in [0.05, 0.1) is 34.0 Å². The Morgan fingerprint density at radius 1 is 0.361 bits per heavy atom. The van der Waals surface area contributed by atoms with E-state index in [9.17, 15) is 0 Å². The van der Waals surface area contributed by atoms with E-state index in [2.05, 4.69) is 204 Å². The van der Waals surface area contributed by atoms with Crippen molar-refractivity contribution in [3.8, 4) is 50.3 Å². The topological polar surface area (TPSA) is 30.7 Å². The fourth-order valence-electron chi connectivity index (χ4n) is 10.3. The van der Waals surface area contributed by atoms with Gasteiger partial charge < -0.3 is 4.57 Å². The first-order valence-electron chi connectivity index (χ1n) is 21.2. The van der Waals surface area contributed by atoms with Gasteiger partial charge in [-0.25, -0.2) is 4.98 Å². The summed E-state index contributed by atoms with van der Waals surface area (Å²) in [6.07, 6.45) is 1.96. The molecule has 0 radical (unpaired) electrons. The second kappa shape index (κ2) is 14.1. The third-order valence-electron chi connectivity index (χ3n) is 12.7. The molecule has 2 heterocycles. The van der Waals surface area contributed by atoms with E-state index in [1.165, 1.54) is 93.8 Å². The third-order valence-corrected chi connectivity index (χ3v) is 12.7. The van der Waals surface area contributed by atoms with Gasteiger partial charge in [0.1, 0.15) is 0 Å². The van der Waals surface area contributed by atoms with Crippen molar-refractivity contribution in [2.24, 2.45) is 0 Å². The standard InChI is InChI=1S/C58H45N3/c1-34-25-36(3)55(37(4)26-34)43-19-22-47-49(31-43)50-32-44(56-38(5)27-35(2)28-39(56)6)20-23-48(50)58-57(47)59-33-52(60-58)42-14-12-13-40(29-42)41-21-24-54-51(30-41)46-17-10-11-18-53(46)61(54)45-15-8-7-9-16-45/h7-33H,1-6H3. The summed E-state index contributed by atoms with van der Waals surface area (Å²) in [5.41, 5.74) is 22.4. The molecular weight excluding hydrogens is 739 g/mol. The number of para-hydroxylation sites is 2. The largest absolute Gasteiger partial charge is 0.309 e. The molecule has 0 aliphatic rings. The second-order valence-corrected chi connectivity index (χ2v) is 17.0. The number of nitrogens with zero attached hydrogens (tertiary/aromatic N) is 3. The molecule has 3 heteroatoms. The van der Waals surface area contributed by atoms with Crippen molar-refractivity contribution in [3.05, 3.63) is 197 Å². The maximum absolute atomic E-state index is 5.49. The minimum Gasteiger partial charge on any atom is -0.309 e. The van der Waals surface area contributed by atoms with Crippen molar-refractivity contribution in [2.75, 3.05) is 0 Å². The predicted molar refractivity (Wildman–Crippen MR) is 259 cm³/mol. The van der Waals surface area contributed by atoms with Gasteiger partial charge >= 0.3 is 0 Å². The van der Waals surface area contributed by atoms with Gasteiger partial charge in [0.2, 0.25) is 0 Å². The Balaban J connectivity index is 1.09. The highest BCUT2D eigenvalue weighted by atomic mass is 15.0. The zero-order chi connectivity index (χ0) is 41.5. The molecule has 0 spiro atoms. The lowest BCUT2D eigenvalue weighted by molar-refractivity contribution is 1.18. The van der Waals surface area contributed by atoms with Gasteiger partial charge in [-0.05, 0) is 156 Å². The highest BCUT2D eigenvalue weighted by Crippen LogP contribution is 2.41. The molecule has 0 N–H and O–H groups in total. The van der Waals surface area contributed by atoms with Gasteiger partial charge in [0.15, 0.2) is 0 Å². The molecule has 0 saturated carbocycles. The van der Waals surface area contributed by atoms with Crippen LogP contribution in [0.5, 0.6) is 0 Å². The van der Waals surface area contributed by atoms with Crippen LogP contribution in [0.25, 0.3) is 105 Å². The van der Waals surface area contributed by atoms with Crippen molar-refractivity contribution in [2.45, 2.75) is 41.5 Å². The first-order valence-corrected chi connectivity index (χ1v) is 21.2. The van der Waals surface area contributed by atoms with Crippen molar-refractivity contribution in [1.29, 1.82) is 0 Å². The fourth-order valence-corrected chi connectivity index (χ4v) is 10.3. The van der Waals surface area contributed by atoms with Crippen molar-refractivity contribution < 1.29 is 0 Å². The van der Waals surface area contributed by atoms with E-state index in [-0.39, 0.29) is 0 Å². The van der Waals surface area contributed by atoms with E-state index in [0.29, 0.717) is 0 Å². The van der Waals surface area contributed by atoms with Crippen LogP contribution in [0.2, 0.25) is 0 Å². The Labute approximate surface area is 356 Å². The van der Waals surface area contributed by atoms with Gasteiger partial charge in [-0.15, -0.1) is 0 Å². The summed E-state index contributed by atoms with van der Waals surface area (Å²) in [5.74, 6) is 0. The summed E-state index contributed by atoms with van der Waals surface area (Å²) < 4.78 is 2.36. The SMILES string of the molecule is Cc1cc(C)c(-c2ccc3c(c2)c2cc(-c4c(C)cc(C)cc4C)ccc2c2nc(-c4cccc(-c5ccc6c(c5)c5ccccc5n6-c5ccccc5)c4)cnc32)c(C)c1. The summed E-state index contributed by atoms with van der Waals surface area (Å²) in [5, 5.41) is 7.07. The van der Waals surface area contributed by atoms with Gasteiger partial charge in [-0.2, -0.15) is 0 Å². The molecule has 292 valence electrons. The van der Waals surface area contributed by atoms with E-state index in [1.807, 2.05) is 6.20 Å². The monoisotopic (exact) mass is 783 g/mol. The van der Waals surface area contributed by atoms with Crippen LogP contribution in [-0.2, 0) is 0 Å². The molecule has 0 amide bonds. The van der Waals surface area contributed by atoms with Gasteiger partial charge in [0.25, 0.3) is 0 Å². The smallest absolute Gasteiger partial charge is 0.0979 e. The van der Waals surface area contributed by atoms with Crippen molar-refractivity contribution in [3.63, 3.8) is 0 Å². The summed E-state index contributed by atoms with van der Waals surface area (Å²) >= 11 is 0. The van der Waals surface area contributed by atoms with Crippen LogP contribution in [0.15, 0.2) is 164 Å². The Morgan fingerprint density at radius 2 is 0.885 bits per heavy atom. The van der Waals surface area contributed by atoms with Gasteiger partial charge in [0, 0.05) is 32.8 Å². The number of hydrogen-bond donors (Lipinski definition) is 0. The van der Waals surface area contributed by atoms with Crippen LogP contribution in [0.4, 0.5) is 0 Å². The van der Waals surface area contributed by atoms with E-state index < -0.39 is 0 Å². The Kier molecular flexibility index (Phi) is 8.51. The van der Waals surface area contributed by atoms with Crippen LogP contribution in [0.1, 0.15) is 33.4 Å². The number of benzene rings is 9. The number of hydrogen-bond acceptors (Lipinski definition) is 2. The van der Waals surface area contributed by atoms with Gasteiger partial charge in [-0.3, -0.25) is 4.98 Å². The summed E-state index contributed by atoms with van der Waals surface area (Å²) in [7, 11) is 0. The van der Waals surface area contributed by atoms with Gasteiger partial charge in [-0.1, -0.05) is 120 Å². The molecule has 0 aliphatic carbocycles. The van der Waals surface area contributed by atoms with E-state index in [0.717, 1.165) is 44.3 Å². The first-order chi connectivity index (χ1) is 29.7. The summed E-state index contributed by atoms with van der Waals surface area (Å²) in [4.78, 5) is 10.7. The van der Waals surface area contributed by atoms with Crippen LogP contribution >= 0.6 is 0 Å². The molecule has 3 nitrogen and oxygen atoms in total. The van der Waals surface area contributed by atoms with Crippen LogP contribution < -0.4 is 0 Å². The van der Waals surface area contributed by atoms with E-state index >= 15 is 0 Å². The zero-order valence-electron chi connectivity index (χ0n) is 35.4. The lowest BCUT2D eigenvalue weighted by atomic mass is 9.88. The van der Waals surface area contributed by atoms with Crippen LogP contribution in [-0.4, -0.2) is 14.5 Å². The average Bonchev–Trinajstić information content (AvgIpc) is 3.59. The molecule has 61 heavy (non-hydrogen) atoms. The number of aromatic nitrogens is 3. The Morgan fingerprint density at radius 3 is 1.54 bits per heavy atom. The van der Waals surface area contributed by atoms with Crippen LogP contribution in [0, 0.1) is 41.5 Å². The first kappa shape index (κ1) is 36.7. The number of rotatable bonds is 5. The average molecular weight is 784 g/mol. The lowest BCUT2D eigenvalue weighted by Crippen LogP contribution is -1.95. The molecule has 0 saturated heterocycles. The number of aryl methyl sites for hydroxylation is 6. The van der Waals surface area contributed by atoms with E-state index in [1.54, 1.807) is 0 Å². The van der Waals surface area contributed by atoms with E-state index in [4.69, 9.17) is 9.97 Å². The maximum Gasteiger partial charge on any atom is 0.0979 e. The minimum atomic E-state index is 0.855. The number of fused-ring (bicyclic) bond motifs is 9. The quantitative estimate of drug-likeness (QED) is 0.163. The van der Waals surface area contributed by atoms with Crippen molar-refractivity contribution >= 4 is 54.4 Å².